The van der Waals surface area contributed by atoms with E-state index in [1.165, 1.54) is 24.3 Å². The van der Waals surface area contributed by atoms with E-state index in [1.54, 1.807) is 42.5 Å². The number of carbonyl (C=O) groups excluding carboxylic acids is 4. The van der Waals surface area contributed by atoms with Crippen LogP contribution in [0.1, 0.15) is 43.8 Å². The Morgan fingerprint density at radius 3 is 2.25 bits per heavy atom. The van der Waals surface area contributed by atoms with Crippen LogP contribution < -0.4 is 10.6 Å². The molecule has 1 aromatic heterocycles. The average molecular weight is 602 g/mol. The smallest absolute Gasteiger partial charge is 0.338 e. The van der Waals surface area contributed by atoms with Gasteiger partial charge in [-0.25, -0.2) is 14.7 Å². The number of hydrogen-bond donors (Lipinski definition) is 1. The van der Waals surface area contributed by atoms with Crippen molar-refractivity contribution in [2.24, 2.45) is 0 Å². The molecule has 10 nitrogen and oxygen atoms in total. The number of nitrogens with two attached hydrogens (primary N) is 1. The molecule has 1 fully saturated rings. The molecule has 2 heterocycles. The zero-order valence-corrected chi connectivity index (χ0v) is 24.1. The summed E-state index contributed by atoms with van der Waals surface area (Å²) < 4.78 is 5.13. The number of carbonyl (C=O) groups is 4. The standard InChI is InChI=1S/C33H23N5O5S/c1-19-7-9-21(10-8-19)29-24(16-34)30(36)37-31(25(29)17-35)44-27-15-28(40)38(32(27)41)23-13-11-22(12-14-23)33(42)43-18-26(39)20-5-3-2-4-6-20/h2-14,27H,15,18H2,1H3,(H2,36,37). The van der Waals surface area contributed by atoms with E-state index >= 15 is 0 Å². The van der Waals surface area contributed by atoms with E-state index in [4.69, 9.17) is 10.5 Å². The van der Waals surface area contributed by atoms with Crippen molar-refractivity contribution in [3.63, 3.8) is 0 Å². The van der Waals surface area contributed by atoms with Crippen LogP contribution in [0.5, 0.6) is 0 Å². The Balaban J connectivity index is 1.33. The van der Waals surface area contributed by atoms with E-state index in [0.29, 0.717) is 16.7 Å². The van der Waals surface area contributed by atoms with Gasteiger partial charge in [-0.3, -0.25) is 14.4 Å². The summed E-state index contributed by atoms with van der Waals surface area (Å²) in [6, 6.07) is 25.4. The third-order valence-electron chi connectivity index (χ3n) is 6.91. The number of aryl methyl sites for hydroxylation is 1. The predicted molar refractivity (Wildman–Crippen MR) is 163 cm³/mol. The van der Waals surface area contributed by atoms with Crippen LogP contribution in [-0.4, -0.2) is 40.4 Å². The number of anilines is 2. The van der Waals surface area contributed by atoms with Gasteiger partial charge in [0.25, 0.3) is 0 Å². The molecular formula is C33H23N5O5S. The third-order valence-corrected chi connectivity index (χ3v) is 8.08. The minimum atomic E-state index is -0.908. The van der Waals surface area contributed by atoms with Crippen LogP contribution in [0.15, 0.2) is 83.9 Å². The minimum Gasteiger partial charge on any atom is -0.454 e. The lowest BCUT2D eigenvalue weighted by Crippen LogP contribution is -2.31. The second kappa shape index (κ2) is 12.6. The van der Waals surface area contributed by atoms with Crippen molar-refractivity contribution in [2.75, 3.05) is 17.2 Å². The maximum atomic E-state index is 13.4. The molecule has 4 aromatic rings. The van der Waals surface area contributed by atoms with Crippen molar-refractivity contribution >= 4 is 46.8 Å². The Bertz CT molecular complexity index is 1880. The summed E-state index contributed by atoms with van der Waals surface area (Å²) >= 11 is 0.932. The number of nitrogen functional groups attached to an aromatic ring is 1. The lowest BCUT2D eigenvalue weighted by Gasteiger charge is -2.16. The van der Waals surface area contributed by atoms with Gasteiger partial charge in [0, 0.05) is 17.5 Å². The van der Waals surface area contributed by atoms with Gasteiger partial charge in [-0.15, -0.1) is 0 Å². The Kier molecular flexibility index (Phi) is 8.51. The normalized spacial score (nSPS) is 14.2. The van der Waals surface area contributed by atoms with E-state index in [9.17, 15) is 29.7 Å². The van der Waals surface area contributed by atoms with Crippen LogP contribution in [0.3, 0.4) is 0 Å². The summed E-state index contributed by atoms with van der Waals surface area (Å²) in [4.78, 5) is 56.4. The molecule has 5 rings (SSSR count). The van der Waals surface area contributed by atoms with Gasteiger partial charge in [-0.2, -0.15) is 10.5 Å². The maximum absolute atomic E-state index is 13.4. The molecule has 0 bridgehead atoms. The molecule has 0 aliphatic carbocycles. The summed E-state index contributed by atoms with van der Waals surface area (Å²) in [7, 11) is 0. The summed E-state index contributed by atoms with van der Waals surface area (Å²) in [5, 5.41) is 19.1. The average Bonchev–Trinajstić information content (AvgIpc) is 3.32. The van der Waals surface area contributed by atoms with Crippen LogP contribution >= 0.6 is 11.8 Å². The number of amides is 2. The molecule has 1 aliphatic heterocycles. The van der Waals surface area contributed by atoms with Gasteiger partial charge in [0.05, 0.1) is 22.1 Å². The topological polar surface area (TPSA) is 167 Å². The van der Waals surface area contributed by atoms with Gasteiger partial charge in [0.15, 0.2) is 12.4 Å². The molecule has 0 spiro atoms. The second-order valence-corrected chi connectivity index (χ2v) is 11.0. The Morgan fingerprint density at radius 1 is 0.955 bits per heavy atom. The molecule has 11 heteroatoms. The summed E-state index contributed by atoms with van der Waals surface area (Å²) in [5.74, 6) is -2.18. The molecule has 216 valence electrons. The first-order chi connectivity index (χ1) is 21.2. The van der Waals surface area contributed by atoms with Crippen molar-refractivity contribution < 1.29 is 23.9 Å². The van der Waals surface area contributed by atoms with Gasteiger partial charge in [0.2, 0.25) is 11.8 Å². The zero-order valence-electron chi connectivity index (χ0n) is 23.3. The van der Waals surface area contributed by atoms with E-state index < -0.39 is 29.6 Å². The third kappa shape index (κ3) is 5.91. The monoisotopic (exact) mass is 601 g/mol. The fourth-order valence-electron chi connectivity index (χ4n) is 4.66. The van der Waals surface area contributed by atoms with Gasteiger partial charge in [-0.05, 0) is 36.8 Å². The maximum Gasteiger partial charge on any atom is 0.338 e. The molecule has 2 N–H and O–H groups in total. The SMILES string of the molecule is Cc1ccc(-c2c(C#N)c(N)nc(SC3CC(=O)N(c4ccc(C(=O)OCC(=O)c5ccccc5)cc4)C3=O)c2C#N)cc1. The van der Waals surface area contributed by atoms with E-state index in [2.05, 4.69) is 11.1 Å². The molecule has 2 amide bonds. The highest BCUT2D eigenvalue weighted by molar-refractivity contribution is 8.00. The number of ether oxygens (including phenoxy) is 1. The quantitative estimate of drug-likeness (QED) is 0.168. The molecule has 0 radical (unpaired) electrons. The molecule has 1 saturated heterocycles. The lowest BCUT2D eigenvalue weighted by molar-refractivity contribution is -0.121. The van der Waals surface area contributed by atoms with Gasteiger partial charge in [-0.1, -0.05) is 71.9 Å². The predicted octanol–water partition coefficient (Wildman–Crippen LogP) is 4.85. The number of esters is 1. The van der Waals surface area contributed by atoms with Gasteiger partial charge < -0.3 is 10.5 Å². The number of ketones is 1. The van der Waals surface area contributed by atoms with Crippen molar-refractivity contribution in [2.45, 2.75) is 23.6 Å². The number of pyridine rings is 1. The van der Waals surface area contributed by atoms with E-state index in [-0.39, 0.29) is 45.4 Å². The first-order valence-electron chi connectivity index (χ1n) is 13.3. The van der Waals surface area contributed by atoms with E-state index in [0.717, 1.165) is 22.2 Å². The largest absolute Gasteiger partial charge is 0.454 e. The van der Waals surface area contributed by atoms with Crippen molar-refractivity contribution in [1.82, 2.24) is 4.98 Å². The van der Waals surface area contributed by atoms with E-state index in [1.807, 2.05) is 25.1 Å². The van der Waals surface area contributed by atoms with Crippen LogP contribution in [0.25, 0.3) is 11.1 Å². The summed E-state index contributed by atoms with van der Waals surface area (Å²) in [6.45, 7) is 1.47. The number of aromatic nitrogens is 1. The van der Waals surface area contributed by atoms with Crippen LogP contribution in [0.4, 0.5) is 11.5 Å². The number of nitrogens with zero attached hydrogens (tertiary/aromatic N) is 4. The zero-order chi connectivity index (χ0) is 31.4. The molecule has 1 unspecified atom stereocenters. The molecule has 0 saturated carbocycles. The molecule has 1 atom stereocenters. The molecule has 1 aliphatic rings. The molecule has 44 heavy (non-hydrogen) atoms. The highest BCUT2D eigenvalue weighted by atomic mass is 32.2. The van der Waals surface area contributed by atoms with Crippen molar-refractivity contribution in [3.8, 4) is 23.3 Å². The van der Waals surface area contributed by atoms with Crippen molar-refractivity contribution in [1.29, 1.82) is 10.5 Å². The number of Topliss-reactive ketones (excluding diaryl/α,β-unsaturated/α-hetero) is 1. The van der Waals surface area contributed by atoms with Crippen LogP contribution in [0.2, 0.25) is 0 Å². The first kappa shape index (κ1) is 29.7. The highest BCUT2D eigenvalue weighted by Crippen LogP contribution is 2.40. The number of imide groups is 1. The first-order valence-corrected chi connectivity index (χ1v) is 14.2. The number of hydrogen-bond acceptors (Lipinski definition) is 10. The highest BCUT2D eigenvalue weighted by Gasteiger charge is 2.41. The number of nitriles is 2. The fraction of sp³-hybridized carbons (Fsp3) is 0.121. The Morgan fingerprint density at radius 2 is 1.61 bits per heavy atom. The number of thioether (sulfide) groups is 1. The Labute approximate surface area is 256 Å². The lowest BCUT2D eigenvalue weighted by atomic mass is 9.96. The summed E-state index contributed by atoms with van der Waals surface area (Å²) in [5.41, 5.74) is 8.93. The van der Waals surface area contributed by atoms with Crippen LogP contribution in [0, 0.1) is 29.6 Å². The van der Waals surface area contributed by atoms with Crippen LogP contribution in [-0.2, 0) is 14.3 Å². The number of benzene rings is 3. The fourth-order valence-corrected chi connectivity index (χ4v) is 5.78. The second-order valence-electron chi connectivity index (χ2n) is 9.81. The minimum absolute atomic E-state index is 0.0493. The molecule has 3 aromatic carbocycles. The summed E-state index contributed by atoms with van der Waals surface area (Å²) in [6.07, 6.45) is -0.165. The van der Waals surface area contributed by atoms with Gasteiger partial charge >= 0.3 is 5.97 Å². The van der Waals surface area contributed by atoms with Gasteiger partial charge in [0.1, 0.15) is 28.5 Å². The number of rotatable bonds is 8. The molecular weight excluding hydrogens is 578 g/mol. The van der Waals surface area contributed by atoms with Crippen molar-refractivity contribution in [3.05, 3.63) is 107 Å². The Hall–Kier alpha value is -5.78.